The second-order valence-corrected chi connectivity index (χ2v) is 9.57. The van der Waals surface area contributed by atoms with E-state index in [0.29, 0.717) is 30.9 Å². The van der Waals surface area contributed by atoms with Crippen LogP contribution >= 0.6 is 34.2 Å². The lowest BCUT2D eigenvalue weighted by Gasteiger charge is -2.42. The Bertz CT molecular complexity index is 798. The Morgan fingerprint density at radius 1 is 1.28 bits per heavy atom. The molecule has 1 heterocycles. The summed E-state index contributed by atoms with van der Waals surface area (Å²) in [7, 11) is 5.25. The van der Waals surface area contributed by atoms with Gasteiger partial charge in [0.1, 0.15) is 5.60 Å². The summed E-state index contributed by atoms with van der Waals surface area (Å²) in [4.78, 5) is 35.5. The van der Waals surface area contributed by atoms with Gasteiger partial charge in [0.15, 0.2) is 0 Å². The second-order valence-electron chi connectivity index (χ2n) is 8.00. The normalized spacial score (nSPS) is 15.7. The molecule has 1 aromatic rings. The average molecular weight is 536 g/mol. The van der Waals surface area contributed by atoms with Crippen molar-refractivity contribution < 1.29 is 14.3 Å². The van der Waals surface area contributed by atoms with E-state index in [9.17, 15) is 9.59 Å². The van der Waals surface area contributed by atoms with Crippen LogP contribution in [0.3, 0.4) is 0 Å². The molecule has 0 N–H and O–H groups in total. The van der Waals surface area contributed by atoms with Crippen LogP contribution in [0.1, 0.15) is 26.3 Å². The molecule has 0 radical (unpaired) electrons. The second kappa shape index (κ2) is 9.38. The van der Waals surface area contributed by atoms with E-state index in [0.717, 1.165) is 9.13 Å². The lowest BCUT2D eigenvalue weighted by Crippen LogP contribution is -2.59. The van der Waals surface area contributed by atoms with Gasteiger partial charge >= 0.3 is 12.1 Å². The van der Waals surface area contributed by atoms with Gasteiger partial charge in [0.05, 0.1) is 18.4 Å². The van der Waals surface area contributed by atoms with E-state index in [1.807, 2.05) is 35.0 Å². The fourth-order valence-electron chi connectivity index (χ4n) is 2.84. The van der Waals surface area contributed by atoms with Gasteiger partial charge in [-0.05, 0) is 61.1 Å². The van der Waals surface area contributed by atoms with Crippen LogP contribution in [0.5, 0.6) is 0 Å². The molecule has 2 rings (SSSR count). The molecule has 1 aromatic carbocycles. The first-order chi connectivity index (χ1) is 13.4. The van der Waals surface area contributed by atoms with Crippen molar-refractivity contribution in [1.82, 2.24) is 19.6 Å². The Kier molecular flexibility index (Phi) is 7.61. The summed E-state index contributed by atoms with van der Waals surface area (Å²) in [5, 5.41) is 0.671. The van der Waals surface area contributed by atoms with E-state index < -0.39 is 11.7 Å². The zero-order chi connectivity index (χ0) is 21.9. The van der Waals surface area contributed by atoms with Crippen molar-refractivity contribution in [3.8, 4) is 0 Å². The van der Waals surface area contributed by atoms with Gasteiger partial charge in [0.25, 0.3) is 0 Å². The number of amides is 3. The smallest absolute Gasteiger partial charge is 0.437 e. The number of halogens is 2. The standard InChI is InChI=1S/C19H27ClIN5O3/c1-19(2,3)29-17(27)22-16(26-11-24(5)18(28)25(6)12-26)23(4)10-13-7-8-15(21)14(20)9-13/h7-9H,10-12H2,1-6H3. The third kappa shape index (κ3) is 6.63. The van der Waals surface area contributed by atoms with Gasteiger partial charge < -0.3 is 24.3 Å². The van der Waals surface area contributed by atoms with Crippen LogP contribution in [0.15, 0.2) is 23.2 Å². The Morgan fingerprint density at radius 2 is 1.86 bits per heavy atom. The molecule has 0 spiro atoms. The van der Waals surface area contributed by atoms with Gasteiger partial charge in [-0.1, -0.05) is 17.7 Å². The number of carbonyl (C=O) groups excluding carboxylic acids is 2. The molecule has 0 saturated carbocycles. The van der Waals surface area contributed by atoms with E-state index in [2.05, 4.69) is 27.6 Å². The largest absolute Gasteiger partial charge is 0.442 e. The van der Waals surface area contributed by atoms with Crippen LogP contribution in [-0.4, -0.2) is 77.8 Å². The molecule has 1 saturated heterocycles. The molecule has 3 amide bonds. The summed E-state index contributed by atoms with van der Waals surface area (Å²) in [5.41, 5.74) is 0.323. The lowest BCUT2D eigenvalue weighted by atomic mass is 10.2. The molecule has 8 nitrogen and oxygen atoms in total. The number of rotatable bonds is 2. The highest BCUT2D eigenvalue weighted by molar-refractivity contribution is 14.1. The fourth-order valence-corrected chi connectivity index (χ4v) is 3.38. The Labute approximate surface area is 190 Å². The topological polar surface area (TPSA) is 68.7 Å². The van der Waals surface area contributed by atoms with Crippen LogP contribution in [0.25, 0.3) is 0 Å². The van der Waals surface area contributed by atoms with E-state index in [1.54, 1.807) is 44.7 Å². The zero-order valence-electron chi connectivity index (χ0n) is 17.6. The molecule has 0 unspecified atom stereocenters. The van der Waals surface area contributed by atoms with Gasteiger partial charge in [0.2, 0.25) is 5.96 Å². The average Bonchev–Trinajstić information content (AvgIpc) is 2.58. The van der Waals surface area contributed by atoms with Gasteiger partial charge in [0, 0.05) is 31.3 Å². The Morgan fingerprint density at radius 3 is 2.38 bits per heavy atom. The van der Waals surface area contributed by atoms with Crippen LogP contribution in [-0.2, 0) is 11.3 Å². The first-order valence-electron chi connectivity index (χ1n) is 9.05. The number of hydrogen-bond donors (Lipinski definition) is 0. The maximum Gasteiger partial charge on any atom is 0.437 e. The van der Waals surface area contributed by atoms with Gasteiger partial charge in [-0.2, -0.15) is 0 Å². The molecule has 0 aliphatic carbocycles. The monoisotopic (exact) mass is 535 g/mol. The van der Waals surface area contributed by atoms with Crippen LogP contribution in [0.2, 0.25) is 5.02 Å². The van der Waals surface area contributed by atoms with Crippen LogP contribution < -0.4 is 0 Å². The highest BCUT2D eigenvalue weighted by atomic mass is 127. The highest BCUT2D eigenvalue weighted by Gasteiger charge is 2.30. The van der Waals surface area contributed by atoms with E-state index >= 15 is 0 Å². The summed E-state index contributed by atoms with van der Waals surface area (Å²) in [6.07, 6.45) is -0.679. The van der Waals surface area contributed by atoms with Crippen molar-refractivity contribution in [2.75, 3.05) is 34.5 Å². The van der Waals surface area contributed by atoms with E-state index in [1.165, 1.54) is 0 Å². The van der Waals surface area contributed by atoms with Gasteiger partial charge in [-0.3, -0.25) is 0 Å². The first-order valence-corrected chi connectivity index (χ1v) is 10.5. The van der Waals surface area contributed by atoms with Gasteiger partial charge in [-0.25, -0.2) is 9.59 Å². The van der Waals surface area contributed by atoms with Crippen molar-refractivity contribution >= 4 is 52.3 Å². The highest BCUT2D eigenvalue weighted by Crippen LogP contribution is 2.21. The molecule has 0 atom stereocenters. The molecule has 1 fully saturated rings. The molecule has 160 valence electrons. The first kappa shape index (κ1) is 23.5. The number of guanidine groups is 1. The molecule has 1 aliphatic heterocycles. The van der Waals surface area contributed by atoms with Gasteiger partial charge in [-0.15, -0.1) is 4.99 Å². The number of ether oxygens (including phenoxy) is 1. The van der Waals surface area contributed by atoms with Crippen molar-refractivity contribution in [2.24, 2.45) is 4.99 Å². The van der Waals surface area contributed by atoms with Crippen LogP contribution in [0, 0.1) is 3.57 Å². The minimum Gasteiger partial charge on any atom is -0.442 e. The van der Waals surface area contributed by atoms with Crippen molar-refractivity contribution in [3.63, 3.8) is 0 Å². The fraction of sp³-hybridized carbons (Fsp3) is 0.526. The van der Waals surface area contributed by atoms with Crippen molar-refractivity contribution in [1.29, 1.82) is 0 Å². The number of urea groups is 1. The third-order valence-corrected chi connectivity index (χ3v) is 5.60. The Balaban J connectivity index is 2.31. The summed E-state index contributed by atoms with van der Waals surface area (Å²) in [6.45, 7) is 6.47. The quantitative estimate of drug-likeness (QED) is 0.327. The molecular weight excluding hydrogens is 509 g/mol. The molecule has 10 heteroatoms. The maximum atomic E-state index is 12.4. The van der Waals surface area contributed by atoms with E-state index in [4.69, 9.17) is 16.3 Å². The molecular formula is C19H27ClIN5O3. The minimum absolute atomic E-state index is 0.0927. The number of aliphatic imine (C=N–C) groups is 1. The number of nitrogens with zero attached hydrogens (tertiary/aromatic N) is 5. The minimum atomic E-state index is -0.679. The molecule has 1 aliphatic rings. The predicted octanol–water partition coefficient (Wildman–Crippen LogP) is 3.88. The number of hydrogen-bond acceptors (Lipinski definition) is 3. The zero-order valence-corrected chi connectivity index (χ0v) is 20.5. The van der Waals surface area contributed by atoms with Crippen molar-refractivity contribution in [3.05, 3.63) is 32.4 Å². The summed E-state index contributed by atoms with van der Waals surface area (Å²) in [6, 6.07) is 5.72. The summed E-state index contributed by atoms with van der Waals surface area (Å²) in [5.74, 6) is 0.417. The Hall–Kier alpha value is -1.75. The summed E-state index contributed by atoms with van der Waals surface area (Å²) >= 11 is 8.42. The predicted molar refractivity (Wildman–Crippen MR) is 122 cm³/mol. The lowest BCUT2D eigenvalue weighted by molar-refractivity contribution is 0.0587. The SMILES string of the molecule is CN1CN(C(=NC(=O)OC(C)(C)C)N(C)Cc2ccc(I)c(Cl)c2)CN(C)C1=O. The third-order valence-electron chi connectivity index (χ3n) is 4.03. The maximum absolute atomic E-state index is 12.4. The number of benzene rings is 1. The molecule has 0 bridgehead atoms. The molecule has 0 aromatic heterocycles. The van der Waals surface area contributed by atoms with Crippen LogP contribution in [0.4, 0.5) is 9.59 Å². The van der Waals surface area contributed by atoms with E-state index in [-0.39, 0.29) is 6.03 Å². The summed E-state index contributed by atoms with van der Waals surface area (Å²) < 4.78 is 6.34. The number of carbonyl (C=O) groups is 2. The molecule has 29 heavy (non-hydrogen) atoms. The van der Waals surface area contributed by atoms with Crippen molar-refractivity contribution in [2.45, 2.75) is 32.9 Å².